The first-order valence-corrected chi connectivity index (χ1v) is 2.93. The van der Waals surface area contributed by atoms with E-state index in [1.54, 1.807) is 6.92 Å². The summed E-state index contributed by atoms with van der Waals surface area (Å²) in [6.07, 6.45) is 0.518. The van der Waals surface area contributed by atoms with Crippen molar-refractivity contribution in [3.05, 3.63) is 0 Å². The van der Waals surface area contributed by atoms with Crippen LogP contribution in [0.1, 0.15) is 13.8 Å². The van der Waals surface area contributed by atoms with Crippen molar-refractivity contribution in [2.45, 2.75) is 19.4 Å². The molecule has 54 valence electrons. The van der Waals surface area contributed by atoms with Crippen LogP contribution in [0.15, 0.2) is 0 Å². The Balaban J connectivity index is 3.95. The molecule has 0 fully saturated rings. The smallest absolute Gasteiger partial charge is 0.151 e. The minimum Gasteiger partial charge on any atom is -0.382 e. The van der Waals surface area contributed by atoms with E-state index in [1.165, 1.54) is 6.92 Å². The van der Waals surface area contributed by atoms with Crippen LogP contribution < -0.4 is 5.73 Å². The molecule has 0 saturated heterocycles. The lowest BCUT2D eigenvalue weighted by molar-refractivity contribution is -0.126. The third-order valence-corrected chi connectivity index (χ3v) is 1.59. The fraction of sp³-hybridized carbons (Fsp3) is 0.833. The lowest BCUT2D eigenvalue weighted by Crippen LogP contribution is -2.38. The van der Waals surface area contributed by atoms with E-state index < -0.39 is 5.60 Å². The number of aldehydes is 1. The van der Waals surface area contributed by atoms with Crippen molar-refractivity contribution in [1.29, 1.82) is 0 Å². The average molecular weight is 131 g/mol. The highest BCUT2D eigenvalue weighted by Gasteiger charge is 2.25. The minimum absolute atomic E-state index is 0.171. The molecule has 0 amide bonds. The summed E-state index contributed by atoms with van der Waals surface area (Å²) in [6, 6.07) is 0. The molecule has 0 saturated carbocycles. The van der Waals surface area contributed by atoms with Gasteiger partial charge in [0.25, 0.3) is 0 Å². The second-order valence-corrected chi connectivity index (χ2v) is 2.48. The normalized spacial score (nSPS) is 20.4. The molecule has 0 aliphatic carbocycles. The minimum atomic E-state index is -1.26. The molecule has 0 radical (unpaired) electrons. The Morgan fingerprint density at radius 3 is 2.44 bits per heavy atom. The van der Waals surface area contributed by atoms with Crippen LogP contribution in [0.25, 0.3) is 0 Å². The van der Waals surface area contributed by atoms with Crippen molar-refractivity contribution in [2.75, 3.05) is 6.54 Å². The van der Waals surface area contributed by atoms with E-state index in [0.29, 0.717) is 12.8 Å². The summed E-state index contributed by atoms with van der Waals surface area (Å²) in [5, 5.41) is 9.14. The molecule has 0 heterocycles. The zero-order chi connectivity index (χ0) is 7.49. The van der Waals surface area contributed by atoms with Crippen LogP contribution in [-0.2, 0) is 4.79 Å². The highest BCUT2D eigenvalue weighted by atomic mass is 16.3. The first kappa shape index (κ1) is 8.59. The lowest BCUT2D eigenvalue weighted by atomic mass is 9.93. The van der Waals surface area contributed by atoms with Gasteiger partial charge in [-0.05, 0) is 13.5 Å². The van der Waals surface area contributed by atoms with E-state index in [1.807, 2.05) is 0 Å². The summed E-state index contributed by atoms with van der Waals surface area (Å²) in [4.78, 5) is 10.1. The maximum Gasteiger partial charge on any atom is 0.151 e. The zero-order valence-electron chi connectivity index (χ0n) is 5.79. The highest BCUT2D eigenvalue weighted by Crippen LogP contribution is 2.11. The van der Waals surface area contributed by atoms with Gasteiger partial charge in [-0.3, -0.25) is 0 Å². The average Bonchev–Trinajstić information content (AvgIpc) is 1.86. The molecule has 0 aromatic heterocycles. The molecule has 2 unspecified atom stereocenters. The fourth-order valence-corrected chi connectivity index (χ4v) is 0.355. The maximum absolute atomic E-state index is 10.1. The van der Waals surface area contributed by atoms with Gasteiger partial charge in [0.1, 0.15) is 5.60 Å². The van der Waals surface area contributed by atoms with Gasteiger partial charge in [0.2, 0.25) is 0 Å². The van der Waals surface area contributed by atoms with Gasteiger partial charge >= 0.3 is 0 Å². The van der Waals surface area contributed by atoms with Gasteiger partial charge in [-0.25, -0.2) is 0 Å². The molecule has 0 spiro atoms. The van der Waals surface area contributed by atoms with Gasteiger partial charge < -0.3 is 15.6 Å². The molecular weight excluding hydrogens is 118 g/mol. The summed E-state index contributed by atoms with van der Waals surface area (Å²) >= 11 is 0. The van der Waals surface area contributed by atoms with Gasteiger partial charge in [-0.2, -0.15) is 0 Å². The number of carbonyl (C=O) groups excluding carboxylic acids is 1. The fourth-order valence-electron chi connectivity index (χ4n) is 0.355. The van der Waals surface area contributed by atoms with Gasteiger partial charge in [0, 0.05) is 5.92 Å². The number of hydrogen-bond acceptors (Lipinski definition) is 3. The van der Waals surface area contributed by atoms with Crippen molar-refractivity contribution in [3.63, 3.8) is 0 Å². The van der Waals surface area contributed by atoms with Crippen LogP contribution in [-0.4, -0.2) is 23.5 Å². The van der Waals surface area contributed by atoms with Gasteiger partial charge in [0.15, 0.2) is 6.29 Å². The Kier molecular flexibility index (Phi) is 2.81. The Morgan fingerprint density at radius 1 is 1.89 bits per heavy atom. The molecule has 0 aliphatic rings. The van der Waals surface area contributed by atoms with E-state index in [0.717, 1.165) is 0 Å². The summed E-state index contributed by atoms with van der Waals surface area (Å²) in [6.45, 7) is 3.51. The molecule has 2 atom stereocenters. The highest BCUT2D eigenvalue weighted by molar-refractivity contribution is 5.61. The van der Waals surface area contributed by atoms with Crippen LogP contribution in [0, 0.1) is 5.92 Å². The van der Waals surface area contributed by atoms with E-state index in [9.17, 15) is 4.79 Å². The third kappa shape index (κ3) is 2.11. The monoisotopic (exact) mass is 131 g/mol. The predicted octanol–water partition coefficient (Wildman–Crippen LogP) is -0.469. The molecule has 3 heteroatoms. The number of hydrogen-bond donors (Lipinski definition) is 2. The third-order valence-electron chi connectivity index (χ3n) is 1.59. The molecule has 0 bridgehead atoms. The predicted molar refractivity (Wildman–Crippen MR) is 34.9 cm³/mol. The van der Waals surface area contributed by atoms with E-state index >= 15 is 0 Å². The van der Waals surface area contributed by atoms with Crippen LogP contribution >= 0.6 is 0 Å². The molecule has 9 heavy (non-hydrogen) atoms. The standard InChI is InChI=1S/C6H13NO2/c1-5(3-7)6(2,9)4-8/h4-5,9H,3,7H2,1-2H3. The second kappa shape index (κ2) is 2.94. The van der Waals surface area contributed by atoms with Crippen molar-refractivity contribution in [1.82, 2.24) is 0 Å². The topological polar surface area (TPSA) is 63.3 Å². The first-order chi connectivity index (χ1) is 4.04. The van der Waals surface area contributed by atoms with E-state index in [-0.39, 0.29) is 5.92 Å². The Labute approximate surface area is 54.9 Å². The quantitative estimate of drug-likeness (QED) is 0.509. The largest absolute Gasteiger partial charge is 0.382 e. The SMILES string of the molecule is CC(CN)C(C)(O)C=O. The van der Waals surface area contributed by atoms with Gasteiger partial charge in [0.05, 0.1) is 0 Å². The molecule has 0 aromatic rings. The van der Waals surface area contributed by atoms with Gasteiger partial charge in [-0.1, -0.05) is 6.92 Å². The second-order valence-electron chi connectivity index (χ2n) is 2.48. The van der Waals surface area contributed by atoms with Crippen LogP contribution in [0.3, 0.4) is 0 Å². The molecule has 3 N–H and O–H groups in total. The molecule has 0 aliphatic heterocycles. The summed E-state index contributed by atoms with van der Waals surface area (Å²) in [5.41, 5.74) is 3.96. The first-order valence-electron chi connectivity index (χ1n) is 2.93. The van der Waals surface area contributed by atoms with Crippen molar-refractivity contribution in [2.24, 2.45) is 11.7 Å². The summed E-state index contributed by atoms with van der Waals surface area (Å²) < 4.78 is 0. The van der Waals surface area contributed by atoms with Crippen molar-refractivity contribution in [3.8, 4) is 0 Å². The number of carbonyl (C=O) groups is 1. The summed E-state index contributed by atoms with van der Waals surface area (Å²) in [5.74, 6) is -0.171. The van der Waals surface area contributed by atoms with Crippen LogP contribution in [0.4, 0.5) is 0 Å². The zero-order valence-corrected chi connectivity index (χ0v) is 5.79. The molecule has 0 aromatic carbocycles. The Morgan fingerprint density at radius 2 is 2.33 bits per heavy atom. The maximum atomic E-state index is 10.1. The number of nitrogens with two attached hydrogens (primary N) is 1. The Hall–Kier alpha value is -0.410. The van der Waals surface area contributed by atoms with E-state index in [4.69, 9.17) is 10.8 Å². The van der Waals surface area contributed by atoms with Gasteiger partial charge in [-0.15, -0.1) is 0 Å². The lowest BCUT2D eigenvalue weighted by Gasteiger charge is -2.22. The summed E-state index contributed by atoms with van der Waals surface area (Å²) in [7, 11) is 0. The van der Waals surface area contributed by atoms with Crippen molar-refractivity contribution >= 4 is 6.29 Å². The Bertz CT molecular complexity index is 101. The molecular formula is C6H13NO2. The molecule has 3 nitrogen and oxygen atoms in total. The van der Waals surface area contributed by atoms with E-state index in [2.05, 4.69) is 0 Å². The number of aliphatic hydroxyl groups is 1. The number of rotatable bonds is 3. The molecule has 0 rings (SSSR count). The van der Waals surface area contributed by atoms with Crippen molar-refractivity contribution < 1.29 is 9.90 Å². The van der Waals surface area contributed by atoms with Crippen LogP contribution in [0.2, 0.25) is 0 Å². The van der Waals surface area contributed by atoms with Crippen LogP contribution in [0.5, 0.6) is 0 Å².